The number of nitrogen functional groups attached to an aromatic ring is 1. The van der Waals surface area contributed by atoms with E-state index in [9.17, 15) is 9.59 Å². The van der Waals surface area contributed by atoms with Crippen molar-refractivity contribution in [3.05, 3.63) is 65.2 Å². The number of carbonyl (C=O) groups is 2. The first kappa shape index (κ1) is 23.6. The third-order valence-corrected chi connectivity index (χ3v) is 2.82. The SMILES string of the molecule is Nc1c(CC(=O)O)cccc1C(=O)c1ccccc1.O.[NaH].[NaH]. The Morgan fingerprint density at radius 1 is 0.955 bits per heavy atom. The molecule has 0 atom stereocenters. The summed E-state index contributed by atoms with van der Waals surface area (Å²) >= 11 is 0. The first-order valence-electron chi connectivity index (χ1n) is 5.78. The summed E-state index contributed by atoms with van der Waals surface area (Å²) in [5.74, 6) is -1.18. The van der Waals surface area contributed by atoms with Gasteiger partial charge in [0, 0.05) is 16.8 Å². The molecule has 5 N–H and O–H groups in total. The van der Waals surface area contributed by atoms with E-state index in [1.54, 1.807) is 42.5 Å². The molecule has 7 heteroatoms. The molecule has 0 amide bonds. The van der Waals surface area contributed by atoms with E-state index in [1.165, 1.54) is 0 Å². The maximum absolute atomic E-state index is 12.3. The van der Waals surface area contributed by atoms with Gasteiger partial charge in [-0.05, 0) is 11.6 Å². The summed E-state index contributed by atoms with van der Waals surface area (Å²) in [5.41, 5.74) is 7.44. The van der Waals surface area contributed by atoms with E-state index in [0.29, 0.717) is 16.7 Å². The average molecular weight is 321 g/mol. The van der Waals surface area contributed by atoms with Crippen molar-refractivity contribution in [2.24, 2.45) is 0 Å². The molecular weight excluding hydrogens is 304 g/mol. The van der Waals surface area contributed by atoms with E-state index in [0.717, 1.165) is 0 Å². The van der Waals surface area contributed by atoms with E-state index in [1.807, 2.05) is 6.07 Å². The molecule has 2 aromatic carbocycles. The van der Waals surface area contributed by atoms with E-state index >= 15 is 0 Å². The van der Waals surface area contributed by atoms with Crippen LogP contribution >= 0.6 is 0 Å². The molecular formula is C15H17NNa2O4. The monoisotopic (exact) mass is 321 g/mol. The molecule has 0 bridgehead atoms. The van der Waals surface area contributed by atoms with Crippen LogP contribution in [0.4, 0.5) is 5.69 Å². The van der Waals surface area contributed by atoms with Crippen LogP contribution in [0.1, 0.15) is 21.5 Å². The minimum absolute atomic E-state index is 0. The molecule has 0 saturated carbocycles. The molecule has 0 radical (unpaired) electrons. The zero-order valence-electron chi connectivity index (χ0n) is 10.7. The number of hydrogen-bond acceptors (Lipinski definition) is 3. The molecule has 0 saturated heterocycles. The topological polar surface area (TPSA) is 112 Å². The third kappa shape index (κ3) is 5.85. The molecule has 2 rings (SSSR count). The number of rotatable bonds is 4. The van der Waals surface area contributed by atoms with Crippen molar-refractivity contribution in [1.82, 2.24) is 0 Å². The zero-order valence-corrected chi connectivity index (χ0v) is 10.7. The normalized spacial score (nSPS) is 8.73. The predicted molar refractivity (Wildman–Crippen MR) is 90.0 cm³/mol. The van der Waals surface area contributed by atoms with E-state index in [2.05, 4.69) is 0 Å². The van der Waals surface area contributed by atoms with Crippen LogP contribution in [0, 0.1) is 0 Å². The van der Waals surface area contributed by atoms with Crippen LogP contribution < -0.4 is 5.73 Å². The molecule has 5 nitrogen and oxygen atoms in total. The summed E-state index contributed by atoms with van der Waals surface area (Å²) in [5, 5.41) is 8.80. The van der Waals surface area contributed by atoms with Gasteiger partial charge in [-0.2, -0.15) is 0 Å². The van der Waals surface area contributed by atoms with Gasteiger partial charge in [0.1, 0.15) is 0 Å². The van der Waals surface area contributed by atoms with Gasteiger partial charge in [-0.15, -0.1) is 0 Å². The van der Waals surface area contributed by atoms with Gasteiger partial charge in [-0.3, -0.25) is 9.59 Å². The van der Waals surface area contributed by atoms with Crippen LogP contribution in [-0.2, 0) is 11.2 Å². The molecule has 0 heterocycles. The number of aliphatic carboxylic acids is 1. The summed E-state index contributed by atoms with van der Waals surface area (Å²) in [6, 6.07) is 13.6. The van der Waals surface area contributed by atoms with Crippen molar-refractivity contribution < 1.29 is 20.2 Å². The Morgan fingerprint density at radius 2 is 1.55 bits per heavy atom. The van der Waals surface area contributed by atoms with Gasteiger partial charge in [-0.1, -0.05) is 42.5 Å². The Balaban J connectivity index is 0. The van der Waals surface area contributed by atoms with Crippen LogP contribution in [0.5, 0.6) is 0 Å². The van der Waals surface area contributed by atoms with Gasteiger partial charge >= 0.3 is 65.1 Å². The molecule has 0 aliphatic heterocycles. The molecule has 0 unspecified atom stereocenters. The number of nitrogens with two attached hydrogens (primary N) is 1. The zero-order chi connectivity index (χ0) is 13.8. The fourth-order valence-corrected chi connectivity index (χ4v) is 1.87. The Bertz CT molecular complexity index is 633. The molecule has 22 heavy (non-hydrogen) atoms. The van der Waals surface area contributed by atoms with Crippen LogP contribution in [0.2, 0.25) is 0 Å². The van der Waals surface area contributed by atoms with Crippen LogP contribution in [0.3, 0.4) is 0 Å². The van der Waals surface area contributed by atoms with Gasteiger partial charge in [0.15, 0.2) is 5.78 Å². The Labute approximate surface area is 172 Å². The number of hydrogen-bond donors (Lipinski definition) is 2. The maximum atomic E-state index is 12.3. The number of carboxylic acid groups (broad SMARTS) is 1. The first-order chi connectivity index (χ1) is 9.09. The number of carbonyl (C=O) groups excluding carboxylic acids is 1. The number of ketones is 1. The van der Waals surface area contributed by atoms with Gasteiger partial charge < -0.3 is 16.3 Å². The van der Waals surface area contributed by atoms with Crippen molar-refractivity contribution >= 4 is 76.6 Å². The van der Waals surface area contributed by atoms with Crippen LogP contribution in [0.25, 0.3) is 0 Å². The average Bonchev–Trinajstić information content (AvgIpc) is 2.41. The molecule has 108 valence electrons. The van der Waals surface area contributed by atoms with Crippen molar-refractivity contribution in [1.29, 1.82) is 0 Å². The summed E-state index contributed by atoms with van der Waals surface area (Å²) in [7, 11) is 0. The minimum atomic E-state index is -0.976. The Kier molecular flexibility index (Phi) is 11.8. The number of para-hydroxylation sites is 1. The van der Waals surface area contributed by atoms with Gasteiger partial charge in [0.05, 0.1) is 6.42 Å². The Morgan fingerprint density at radius 3 is 2.09 bits per heavy atom. The van der Waals surface area contributed by atoms with Crippen molar-refractivity contribution in [3.63, 3.8) is 0 Å². The van der Waals surface area contributed by atoms with Crippen molar-refractivity contribution in [2.45, 2.75) is 6.42 Å². The van der Waals surface area contributed by atoms with Gasteiger partial charge in [-0.25, -0.2) is 0 Å². The van der Waals surface area contributed by atoms with E-state index < -0.39 is 5.97 Å². The fourth-order valence-electron chi connectivity index (χ4n) is 1.87. The summed E-state index contributed by atoms with van der Waals surface area (Å²) in [6.07, 6.45) is -0.193. The molecule has 2 aromatic rings. The van der Waals surface area contributed by atoms with Crippen LogP contribution in [0.15, 0.2) is 48.5 Å². The standard InChI is InChI=1S/C15H13NO3.2Na.H2O.2H/c16-14-11(9-13(17)18)7-4-8-12(14)15(19)10-5-2-1-3-6-10;;;;;/h1-8H,9,16H2,(H,17,18);;;1H2;;. The molecule has 0 fully saturated rings. The van der Waals surface area contributed by atoms with E-state index in [-0.39, 0.29) is 82.5 Å². The molecule has 0 aromatic heterocycles. The second kappa shape index (κ2) is 11.0. The summed E-state index contributed by atoms with van der Waals surface area (Å²) in [6.45, 7) is 0. The fraction of sp³-hybridized carbons (Fsp3) is 0.0667. The number of carboxylic acids is 1. The van der Waals surface area contributed by atoms with Crippen LogP contribution in [-0.4, -0.2) is 81.4 Å². The summed E-state index contributed by atoms with van der Waals surface area (Å²) < 4.78 is 0. The quantitative estimate of drug-likeness (QED) is 0.469. The Hall–Kier alpha value is -0.660. The second-order valence-electron chi connectivity index (χ2n) is 4.14. The predicted octanol–water partition coefficient (Wildman–Crippen LogP) is 0.00520. The van der Waals surface area contributed by atoms with Gasteiger partial charge in [0.2, 0.25) is 0 Å². The second-order valence-corrected chi connectivity index (χ2v) is 4.14. The summed E-state index contributed by atoms with van der Waals surface area (Å²) in [4.78, 5) is 23.0. The molecule has 0 aliphatic rings. The molecule has 0 aliphatic carbocycles. The van der Waals surface area contributed by atoms with Gasteiger partial charge in [0.25, 0.3) is 0 Å². The van der Waals surface area contributed by atoms with Crippen molar-refractivity contribution in [3.8, 4) is 0 Å². The molecule has 0 spiro atoms. The van der Waals surface area contributed by atoms with E-state index in [4.69, 9.17) is 10.8 Å². The number of benzene rings is 2. The number of anilines is 1. The first-order valence-corrected chi connectivity index (χ1v) is 5.78. The third-order valence-electron chi connectivity index (χ3n) is 2.82. The van der Waals surface area contributed by atoms with Crippen molar-refractivity contribution in [2.75, 3.05) is 5.73 Å².